The minimum absolute atomic E-state index is 0.160. The van der Waals surface area contributed by atoms with Gasteiger partial charge in [0.1, 0.15) is 0 Å². The molecule has 0 fully saturated rings. The highest BCUT2D eigenvalue weighted by atomic mass is 32.2. The molecule has 0 bridgehead atoms. The Hall–Kier alpha value is -2.52. The van der Waals surface area contributed by atoms with Crippen LogP contribution in [0.3, 0.4) is 0 Å². The van der Waals surface area contributed by atoms with Crippen LogP contribution in [0.2, 0.25) is 0 Å². The summed E-state index contributed by atoms with van der Waals surface area (Å²) in [6.07, 6.45) is 0. The summed E-state index contributed by atoms with van der Waals surface area (Å²) in [6, 6.07) is 21.9. The number of rotatable bonds is 6. The standard InChI is InChI=1S/C20H20N2O4S2/c1-15(16-10-12-18(13-11-16)17-6-3-2-4-7-17)22-28(25,26)20-9-5-8-19(14-20)27(21,23)24/h2-15,22H,1H3,(H2,21,23,24). The Kier molecular flexibility index (Phi) is 5.66. The van der Waals surface area contributed by atoms with Crippen molar-refractivity contribution < 1.29 is 16.8 Å². The molecule has 0 spiro atoms. The molecule has 0 amide bonds. The van der Waals surface area contributed by atoms with Gasteiger partial charge in [0.25, 0.3) is 0 Å². The largest absolute Gasteiger partial charge is 0.241 e. The fourth-order valence-corrected chi connectivity index (χ4v) is 4.69. The molecule has 3 aromatic carbocycles. The highest BCUT2D eigenvalue weighted by molar-refractivity contribution is 7.90. The summed E-state index contributed by atoms with van der Waals surface area (Å²) in [7, 11) is -7.91. The van der Waals surface area contributed by atoms with E-state index in [1.807, 2.05) is 54.6 Å². The maximum atomic E-state index is 12.6. The van der Waals surface area contributed by atoms with Crippen LogP contribution in [0.4, 0.5) is 0 Å². The average molecular weight is 417 g/mol. The van der Waals surface area contributed by atoms with E-state index in [0.717, 1.165) is 22.8 Å². The fraction of sp³-hybridized carbons (Fsp3) is 0.100. The number of benzene rings is 3. The number of nitrogens with two attached hydrogens (primary N) is 1. The molecule has 3 aromatic rings. The van der Waals surface area contributed by atoms with Gasteiger partial charge in [-0.3, -0.25) is 0 Å². The van der Waals surface area contributed by atoms with Crippen LogP contribution >= 0.6 is 0 Å². The number of sulfonamides is 2. The summed E-state index contributed by atoms with van der Waals surface area (Å²) in [4.78, 5) is -0.415. The topological polar surface area (TPSA) is 106 Å². The zero-order valence-electron chi connectivity index (χ0n) is 15.1. The van der Waals surface area contributed by atoms with E-state index >= 15 is 0 Å². The molecule has 3 N–H and O–H groups in total. The first kappa shape index (κ1) is 20.2. The van der Waals surface area contributed by atoms with Crippen LogP contribution < -0.4 is 9.86 Å². The van der Waals surface area contributed by atoms with E-state index in [0.29, 0.717) is 0 Å². The van der Waals surface area contributed by atoms with E-state index in [9.17, 15) is 16.8 Å². The van der Waals surface area contributed by atoms with Gasteiger partial charge in [0, 0.05) is 6.04 Å². The number of hydrogen-bond acceptors (Lipinski definition) is 4. The molecule has 0 saturated heterocycles. The summed E-state index contributed by atoms with van der Waals surface area (Å²) in [5, 5.41) is 5.08. The molecule has 0 aliphatic rings. The summed E-state index contributed by atoms with van der Waals surface area (Å²) >= 11 is 0. The van der Waals surface area contributed by atoms with Gasteiger partial charge in [-0.25, -0.2) is 26.7 Å². The van der Waals surface area contributed by atoms with E-state index in [1.165, 1.54) is 18.2 Å². The molecule has 1 unspecified atom stereocenters. The molecule has 0 saturated carbocycles. The molecule has 1 atom stereocenters. The Morgan fingerprint density at radius 3 is 1.93 bits per heavy atom. The number of hydrogen-bond donors (Lipinski definition) is 2. The lowest BCUT2D eigenvalue weighted by Crippen LogP contribution is -2.27. The third kappa shape index (κ3) is 4.66. The van der Waals surface area contributed by atoms with E-state index in [-0.39, 0.29) is 9.79 Å². The van der Waals surface area contributed by atoms with Gasteiger partial charge < -0.3 is 0 Å². The number of nitrogens with one attached hydrogen (secondary N) is 1. The van der Waals surface area contributed by atoms with Crippen LogP contribution in [0.5, 0.6) is 0 Å². The van der Waals surface area contributed by atoms with Crippen molar-refractivity contribution in [2.75, 3.05) is 0 Å². The average Bonchev–Trinajstić information content (AvgIpc) is 2.68. The summed E-state index contributed by atoms with van der Waals surface area (Å²) in [6.45, 7) is 1.72. The first-order chi connectivity index (χ1) is 13.2. The Morgan fingerprint density at radius 2 is 1.32 bits per heavy atom. The van der Waals surface area contributed by atoms with Crippen LogP contribution in [0.25, 0.3) is 11.1 Å². The van der Waals surface area contributed by atoms with Crippen molar-refractivity contribution in [2.24, 2.45) is 5.14 Å². The zero-order chi connectivity index (χ0) is 20.4. The fourth-order valence-electron chi connectivity index (χ4n) is 2.78. The Morgan fingerprint density at radius 1 is 0.750 bits per heavy atom. The third-order valence-electron chi connectivity index (χ3n) is 4.29. The molecule has 0 aromatic heterocycles. The Balaban J connectivity index is 1.81. The molecule has 0 aliphatic carbocycles. The second-order valence-corrected chi connectivity index (χ2v) is 9.63. The van der Waals surface area contributed by atoms with Gasteiger partial charge in [0.05, 0.1) is 9.79 Å². The maximum absolute atomic E-state index is 12.6. The minimum atomic E-state index is -3.99. The molecule has 0 radical (unpaired) electrons. The van der Waals surface area contributed by atoms with Crippen molar-refractivity contribution in [3.8, 4) is 11.1 Å². The van der Waals surface area contributed by atoms with E-state index in [4.69, 9.17) is 5.14 Å². The lowest BCUT2D eigenvalue weighted by molar-refractivity contribution is 0.566. The third-order valence-corrected chi connectivity index (χ3v) is 6.74. The molecule has 146 valence electrons. The summed E-state index contributed by atoms with van der Waals surface area (Å²) in [5.74, 6) is 0. The highest BCUT2D eigenvalue weighted by Gasteiger charge is 2.20. The van der Waals surface area contributed by atoms with Crippen molar-refractivity contribution in [1.82, 2.24) is 4.72 Å². The smallest absolute Gasteiger partial charge is 0.225 e. The molecule has 0 heterocycles. The van der Waals surface area contributed by atoms with Crippen LogP contribution in [0.1, 0.15) is 18.5 Å². The van der Waals surface area contributed by atoms with Crippen molar-refractivity contribution in [3.05, 3.63) is 84.4 Å². The van der Waals surface area contributed by atoms with Crippen molar-refractivity contribution >= 4 is 20.0 Å². The van der Waals surface area contributed by atoms with Crippen LogP contribution in [0.15, 0.2) is 88.7 Å². The van der Waals surface area contributed by atoms with Gasteiger partial charge >= 0.3 is 0 Å². The molecule has 3 rings (SSSR count). The van der Waals surface area contributed by atoms with Crippen LogP contribution in [-0.4, -0.2) is 16.8 Å². The lowest BCUT2D eigenvalue weighted by Gasteiger charge is -2.15. The molecule has 8 heteroatoms. The van der Waals surface area contributed by atoms with Crippen molar-refractivity contribution in [2.45, 2.75) is 22.8 Å². The first-order valence-electron chi connectivity index (χ1n) is 8.47. The van der Waals surface area contributed by atoms with Crippen LogP contribution in [-0.2, 0) is 20.0 Å². The second-order valence-electron chi connectivity index (χ2n) is 6.35. The maximum Gasteiger partial charge on any atom is 0.241 e. The first-order valence-corrected chi connectivity index (χ1v) is 11.5. The normalized spacial score (nSPS) is 13.2. The van der Waals surface area contributed by atoms with Gasteiger partial charge in [-0.2, -0.15) is 0 Å². The molecular formula is C20H20N2O4S2. The van der Waals surface area contributed by atoms with E-state index in [1.54, 1.807) is 6.92 Å². The van der Waals surface area contributed by atoms with Crippen molar-refractivity contribution in [1.29, 1.82) is 0 Å². The van der Waals surface area contributed by atoms with Gasteiger partial charge in [0.15, 0.2) is 0 Å². The predicted molar refractivity (Wildman–Crippen MR) is 108 cm³/mol. The van der Waals surface area contributed by atoms with Gasteiger partial charge in [-0.15, -0.1) is 0 Å². The van der Waals surface area contributed by atoms with Crippen LogP contribution in [0, 0.1) is 0 Å². The van der Waals surface area contributed by atoms with E-state index in [2.05, 4.69) is 4.72 Å². The molecular weight excluding hydrogens is 396 g/mol. The molecule has 0 aliphatic heterocycles. The Labute approximate surface area is 165 Å². The van der Waals surface area contributed by atoms with E-state index < -0.39 is 26.1 Å². The number of primary sulfonamides is 1. The zero-order valence-corrected chi connectivity index (χ0v) is 16.7. The Bertz CT molecular complexity index is 1170. The minimum Gasteiger partial charge on any atom is -0.225 e. The van der Waals surface area contributed by atoms with Gasteiger partial charge in [-0.05, 0) is 41.8 Å². The quantitative estimate of drug-likeness (QED) is 0.644. The lowest BCUT2D eigenvalue weighted by atomic mass is 10.0. The molecule has 6 nitrogen and oxygen atoms in total. The summed E-state index contributed by atoms with van der Waals surface area (Å²) < 4.78 is 50.8. The highest BCUT2D eigenvalue weighted by Crippen LogP contribution is 2.23. The van der Waals surface area contributed by atoms with Crippen molar-refractivity contribution in [3.63, 3.8) is 0 Å². The van der Waals surface area contributed by atoms with Gasteiger partial charge in [-0.1, -0.05) is 60.7 Å². The molecule has 28 heavy (non-hydrogen) atoms. The monoisotopic (exact) mass is 416 g/mol. The SMILES string of the molecule is CC(NS(=O)(=O)c1cccc(S(N)(=O)=O)c1)c1ccc(-c2ccccc2)cc1. The second kappa shape index (κ2) is 7.84. The summed E-state index contributed by atoms with van der Waals surface area (Å²) in [5.41, 5.74) is 2.88. The predicted octanol–water partition coefficient (Wildman–Crippen LogP) is 3.04. The van der Waals surface area contributed by atoms with Gasteiger partial charge in [0.2, 0.25) is 20.0 Å².